The van der Waals surface area contributed by atoms with Gasteiger partial charge in [-0.25, -0.2) is 9.78 Å². The third-order valence-corrected chi connectivity index (χ3v) is 5.41. The average Bonchev–Trinajstić information content (AvgIpc) is 3.28. The van der Waals surface area contributed by atoms with Crippen molar-refractivity contribution >= 4 is 11.8 Å². The number of hydrogen-bond acceptors (Lipinski definition) is 4. The first kappa shape index (κ1) is 17.7. The van der Waals surface area contributed by atoms with Gasteiger partial charge in [-0.3, -0.25) is 10.00 Å². The molecule has 7 heteroatoms. The van der Waals surface area contributed by atoms with E-state index in [4.69, 9.17) is 4.74 Å². The topological polar surface area (TPSA) is 74.3 Å². The minimum Gasteiger partial charge on any atom is -0.493 e. The molecule has 0 spiro atoms. The minimum absolute atomic E-state index is 0.0159. The second-order valence-corrected chi connectivity index (χ2v) is 7.65. The molecule has 2 aliphatic rings. The molecule has 2 fully saturated rings. The van der Waals surface area contributed by atoms with Gasteiger partial charge in [-0.2, -0.15) is 5.10 Å². The number of amides is 2. The van der Waals surface area contributed by atoms with Gasteiger partial charge in [0.2, 0.25) is 0 Å². The lowest BCUT2D eigenvalue weighted by atomic mass is 10.2. The van der Waals surface area contributed by atoms with Crippen molar-refractivity contribution in [2.45, 2.75) is 19.4 Å². The van der Waals surface area contributed by atoms with Crippen molar-refractivity contribution < 1.29 is 9.53 Å². The molecule has 0 radical (unpaired) electrons. The summed E-state index contributed by atoms with van der Waals surface area (Å²) in [5.74, 6) is 2.28. The first-order chi connectivity index (χ1) is 14.3. The number of nitrogens with one attached hydrogen (secondary N) is 1. The Morgan fingerprint density at radius 1 is 1.10 bits per heavy atom. The number of hydrogen-bond donors (Lipinski definition) is 1. The zero-order valence-electron chi connectivity index (χ0n) is 16.1. The lowest BCUT2D eigenvalue weighted by molar-refractivity contribution is 0.218. The number of carbonyl (C=O) groups is 1. The van der Waals surface area contributed by atoms with E-state index in [1.165, 1.54) is 12.8 Å². The molecule has 0 bridgehead atoms. The summed E-state index contributed by atoms with van der Waals surface area (Å²) in [6.07, 6.45) is 7.89. The van der Waals surface area contributed by atoms with Crippen molar-refractivity contribution in [2.24, 2.45) is 5.92 Å². The van der Waals surface area contributed by atoms with Crippen LogP contribution in [-0.4, -0.2) is 45.8 Å². The standard InChI is InChI=1S/C22H23N5O2/c28-22-26(14-17-2-1-3-20(10-17)29-15-16-4-5-16)8-9-27(22)21-7-6-18(11-23-21)19-12-24-25-13-19/h1-3,6-7,10-13,16H,4-5,8-9,14-15H2,(H,24,25). The van der Waals surface area contributed by atoms with Crippen molar-refractivity contribution in [2.75, 3.05) is 24.6 Å². The van der Waals surface area contributed by atoms with E-state index in [1.54, 1.807) is 17.3 Å². The van der Waals surface area contributed by atoms with Crippen LogP contribution in [0.15, 0.2) is 55.0 Å². The van der Waals surface area contributed by atoms with E-state index >= 15 is 0 Å². The van der Waals surface area contributed by atoms with Crippen molar-refractivity contribution in [3.05, 3.63) is 60.6 Å². The fraction of sp³-hybridized carbons (Fsp3) is 0.318. The summed E-state index contributed by atoms with van der Waals surface area (Å²) in [6.45, 7) is 2.68. The quantitative estimate of drug-likeness (QED) is 0.669. The molecule has 7 nitrogen and oxygen atoms in total. The summed E-state index contributed by atoms with van der Waals surface area (Å²) in [6, 6.07) is 11.9. The lowest BCUT2D eigenvalue weighted by Gasteiger charge is -2.18. The molecule has 1 saturated carbocycles. The largest absolute Gasteiger partial charge is 0.493 e. The molecule has 2 amide bonds. The Morgan fingerprint density at radius 2 is 2.03 bits per heavy atom. The Bertz CT molecular complexity index is 983. The normalized spacial score (nSPS) is 16.5. The number of nitrogens with zero attached hydrogens (tertiary/aromatic N) is 4. The summed E-state index contributed by atoms with van der Waals surface area (Å²) in [5.41, 5.74) is 3.02. The minimum atomic E-state index is -0.0159. The molecule has 1 N–H and O–H groups in total. The van der Waals surface area contributed by atoms with Gasteiger partial charge in [0.25, 0.3) is 0 Å². The molecule has 148 valence electrons. The van der Waals surface area contributed by atoms with Crippen molar-refractivity contribution in [3.8, 4) is 16.9 Å². The van der Waals surface area contributed by atoms with Gasteiger partial charge in [-0.1, -0.05) is 12.1 Å². The van der Waals surface area contributed by atoms with E-state index in [9.17, 15) is 4.79 Å². The lowest BCUT2D eigenvalue weighted by Crippen LogP contribution is -2.31. The zero-order chi connectivity index (χ0) is 19.6. The number of aromatic nitrogens is 3. The molecule has 3 heterocycles. The number of pyridine rings is 1. The molecule has 5 rings (SSSR count). The number of urea groups is 1. The second-order valence-electron chi connectivity index (χ2n) is 7.65. The smallest absolute Gasteiger partial charge is 0.326 e. The summed E-state index contributed by atoms with van der Waals surface area (Å²) >= 11 is 0. The van der Waals surface area contributed by atoms with Crippen LogP contribution in [0.4, 0.5) is 10.6 Å². The number of aromatic amines is 1. The van der Waals surface area contributed by atoms with Crippen LogP contribution in [0.5, 0.6) is 5.75 Å². The van der Waals surface area contributed by atoms with Crippen LogP contribution < -0.4 is 9.64 Å². The first-order valence-corrected chi connectivity index (χ1v) is 10.00. The molecular formula is C22H23N5O2. The van der Waals surface area contributed by atoms with Crippen LogP contribution in [0.1, 0.15) is 18.4 Å². The Hall–Kier alpha value is -3.35. The van der Waals surface area contributed by atoms with Crippen LogP contribution in [0, 0.1) is 5.92 Å². The average molecular weight is 389 g/mol. The highest BCUT2D eigenvalue weighted by Gasteiger charge is 2.30. The molecule has 1 aromatic carbocycles. The maximum absolute atomic E-state index is 12.9. The molecule has 2 aromatic heterocycles. The van der Waals surface area contributed by atoms with Gasteiger partial charge in [0, 0.05) is 43.2 Å². The maximum Gasteiger partial charge on any atom is 0.326 e. The van der Waals surface area contributed by atoms with Crippen LogP contribution in [0.2, 0.25) is 0 Å². The molecule has 0 unspecified atom stereocenters. The second kappa shape index (κ2) is 7.58. The summed E-state index contributed by atoms with van der Waals surface area (Å²) in [7, 11) is 0. The van der Waals surface area contributed by atoms with E-state index in [0.29, 0.717) is 25.5 Å². The van der Waals surface area contributed by atoms with E-state index < -0.39 is 0 Å². The molecule has 1 saturated heterocycles. The van der Waals surface area contributed by atoms with Crippen LogP contribution in [0.25, 0.3) is 11.1 Å². The Morgan fingerprint density at radius 3 is 2.79 bits per heavy atom. The van der Waals surface area contributed by atoms with Gasteiger partial charge in [-0.15, -0.1) is 0 Å². The fourth-order valence-electron chi connectivity index (χ4n) is 3.52. The van der Waals surface area contributed by atoms with Gasteiger partial charge >= 0.3 is 6.03 Å². The van der Waals surface area contributed by atoms with E-state index in [2.05, 4.69) is 15.2 Å². The van der Waals surface area contributed by atoms with Gasteiger partial charge < -0.3 is 9.64 Å². The van der Waals surface area contributed by atoms with Crippen LogP contribution >= 0.6 is 0 Å². The van der Waals surface area contributed by atoms with E-state index in [0.717, 1.165) is 35.0 Å². The number of benzene rings is 1. The predicted molar refractivity (Wildman–Crippen MR) is 110 cm³/mol. The third kappa shape index (κ3) is 3.94. The Kier molecular flexibility index (Phi) is 4.63. The van der Waals surface area contributed by atoms with E-state index in [1.807, 2.05) is 47.5 Å². The number of ether oxygens (including phenoxy) is 1. The predicted octanol–water partition coefficient (Wildman–Crippen LogP) is 3.70. The van der Waals surface area contributed by atoms with Crippen molar-refractivity contribution in [3.63, 3.8) is 0 Å². The maximum atomic E-state index is 12.9. The molecule has 0 atom stereocenters. The van der Waals surface area contributed by atoms with Gasteiger partial charge in [-0.05, 0) is 48.6 Å². The first-order valence-electron chi connectivity index (χ1n) is 10.00. The van der Waals surface area contributed by atoms with Crippen LogP contribution in [-0.2, 0) is 6.54 Å². The van der Waals surface area contributed by atoms with Gasteiger partial charge in [0.1, 0.15) is 11.6 Å². The monoisotopic (exact) mass is 389 g/mol. The molecular weight excluding hydrogens is 366 g/mol. The van der Waals surface area contributed by atoms with Crippen molar-refractivity contribution in [1.29, 1.82) is 0 Å². The third-order valence-electron chi connectivity index (χ3n) is 5.41. The molecule has 29 heavy (non-hydrogen) atoms. The number of rotatable bonds is 7. The van der Waals surface area contributed by atoms with Gasteiger partial charge in [0.15, 0.2) is 0 Å². The zero-order valence-corrected chi connectivity index (χ0v) is 16.1. The highest BCUT2D eigenvalue weighted by molar-refractivity contribution is 5.93. The van der Waals surface area contributed by atoms with Crippen molar-refractivity contribution in [1.82, 2.24) is 20.1 Å². The Balaban J connectivity index is 1.23. The molecule has 3 aromatic rings. The van der Waals surface area contributed by atoms with Gasteiger partial charge in [0.05, 0.1) is 12.8 Å². The SMILES string of the molecule is O=C1N(Cc2cccc(OCC3CC3)c2)CCN1c1ccc(-c2cn[nH]c2)cn1. The fourth-order valence-corrected chi connectivity index (χ4v) is 3.52. The number of carbonyl (C=O) groups excluding carboxylic acids is 1. The van der Waals surface area contributed by atoms with Crippen LogP contribution in [0.3, 0.4) is 0 Å². The highest BCUT2D eigenvalue weighted by Crippen LogP contribution is 2.30. The van der Waals surface area contributed by atoms with E-state index in [-0.39, 0.29) is 6.03 Å². The number of H-pyrrole nitrogens is 1. The molecule has 1 aliphatic carbocycles. The molecule has 1 aliphatic heterocycles. The summed E-state index contributed by atoms with van der Waals surface area (Å²) < 4.78 is 5.86. The highest BCUT2D eigenvalue weighted by atomic mass is 16.5. The number of anilines is 1. The summed E-state index contributed by atoms with van der Waals surface area (Å²) in [4.78, 5) is 21.0. The Labute approximate surface area is 169 Å². The summed E-state index contributed by atoms with van der Waals surface area (Å²) in [5, 5.41) is 6.75.